The summed E-state index contributed by atoms with van der Waals surface area (Å²) >= 11 is 0. The molecular weight excluding hydrogens is 661 g/mol. The zero-order valence-corrected chi connectivity index (χ0v) is 30.8. The molecule has 0 heteroatoms. The van der Waals surface area contributed by atoms with Crippen molar-refractivity contribution in [3.05, 3.63) is 193 Å². The van der Waals surface area contributed by atoms with Crippen LogP contribution < -0.4 is 0 Å². The largest absolute Gasteiger partial charge is 0.0622 e. The van der Waals surface area contributed by atoms with E-state index >= 15 is 0 Å². The Morgan fingerprint density at radius 3 is 1.62 bits per heavy atom. The van der Waals surface area contributed by atoms with Crippen molar-refractivity contribution in [1.29, 1.82) is 0 Å². The molecule has 2 aliphatic rings. The molecule has 55 heavy (non-hydrogen) atoms. The van der Waals surface area contributed by atoms with Crippen LogP contribution in [-0.4, -0.2) is 0 Å². The van der Waals surface area contributed by atoms with Crippen molar-refractivity contribution in [3.63, 3.8) is 0 Å². The van der Waals surface area contributed by atoms with E-state index < -0.39 is 0 Å². The molecule has 0 amide bonds. The lowest BCUT2D eigenvalue weighted by atomic mass is 9.79. The lowest BCUT2D eigenvalue weighted by molar-refractivity contribution is 0.660. The van der Waals surface area contributed by atoms with Gasteiger partial charge in [0.05, 0.1) is 0 Å². The number of hydrogen-bond donors (Lipinski definition) is 0. The molecule has 2 aliphatic carbocycles. The van der Waals surface area contributed by atoms with Crippen LogP contribution in [0.2, 0.25) is 0 Å². The van der Waals surface area contributed by atoms with E-state index in [4.69, 9.17) is 0 Å². The van der Waals surface area contributed by atoms with Gasteiger partial charge in [0.1, 0.15) is 0 Å². The van der Waals surface area contributed by atoms with E-state index in [9.17, 15) is 0 Å². The summed E-state index contributed by atoms with van der Waals surface area (Å²) < 4.78 is 0. The Bertz CT molecular complexity index is 3250. The van der Waals surface area contributed by atoms with Gasteiger partial charge < -0.3 is 0 Å². The summed E-state index contributed by atoms with van der Waals surface area (Å²) in [5.41, 5.74) is 18.3. The summed E-state index contributed by atoms with van der Waals surface area (Å²) in [6, 6.07) is 68.5. The highest BCUT2D eigenvalue weighted by Crippen LogP contribution is 2.60. The molecule has 0 atom stereocenters. The van der Waals surface area contributed by atoms with Crippen LogP contribution in [0.1, 0.15) is 25.0 Å². The normalized spacial score (nSPS) is 13.4. The number of rotatable bonds is 3. The van der Waals surface area contributed by atoms with Crippen molar-refractivity contribution in [2.75, 3.05) is 0 Å². The second-order valence-electron chi connectivity index (χ2n) is 16.0. The monoisotopic (exact) mass is 696 g/mol. The Hall–Kier alpha value is -6.76. The number of hydrogen-bond acceptors (Lipinski definition) is 0. The van der Waals surface area contributed by atoms with E-state index in [1.54, 1.807) is 0 Å². The zero-order valence-electron chi connectivity index (χ0n) is 30.8. The minimum absolute atomic E-state index is 0.104. The van der Waals surface area contributed by atoms with Crippen LogP contribution in [-0.2, 0) is 5.41 Å². The molecule has 0 unspecified atom stereocenters. The van der Waals surface area contributed by atoms with Crippen molar-refractivity contribution in [1.82, 2.24) is 0 Å². The molecule has 0 saturated carbocycles. The highest BCUT2D eigenvalue weighted by atomic mass is 14.4. The van der Waals surface area contributed by atoms with Crippen LogP contribution in [0.15, 0.2) is 182 Å². The maximum absolute atomic E-state index is 2.52. The fourth-order valence-corrected chi connectivity index (χ4v) is 10.2. The molecular formula is C55H36. The van der Waals surface area contributed by atoms with Gasteiger partial charge in [-0.05, 0) is 145 Å². The van der Waals surface area contributed by atoms with Crippen LogP contribution in [0, 0.1) is 0 Å². The van der Waals surface area contributed by atoms with Crippen molar-refractivity contribution < 1.29 is 0 Å². The van der Waals surface area contributed by atoms with Crippen molar-refractivity contribution >= 4 is 43.1 Å². The van der Waals surface area contributed by atoms with E-state index in [0.717, 1.165) is 0 Å². The quantitative estimate of drug-likeness (QED) is 0.127. The number of fused-ring (bicyclic) bond motifs is 10. The van der Waals surface area contributed by atoms with Gasteiger partial charge in [-0.25, -0.2) is 0 Å². The van der Waals surface area contributed by atoms with Crippen LogP contribution in [0.25, 0.3) is 110 Å². The van der Waals surface area contributed by atoms with Gasteiger partial charge in [0, 0.05) is 5.41 Å². The molecule has 0 aromatic heterocycles. The van der Waals surface area contributed by atoms with Crippen molar-refractivity contribution in [3.8, 4) is 66.8 Å². The summed E-state index contributed by atoms with van der Waals surface area (Å²) in [6.07, 6.45) is 0. The second-order valence-corrected chi connectivity index (χ2v) is 16.0. The summed E-state index contributed by atoms with van der Waals surface area (Å²) in [7, 11) is 0. The molecule has 10 aromatic carbocycles. The first-order valence-electron chi connectivity index (χ1n) is 19.4. The molecule has 0 fully saturated rings. The fourth-order valence-electron chi connectivity index (χ4n) is 10.2. The smallest absolute Gasteiger partial charge is 0.0159 e. The highest BCUT2D eigenvalue weighted by molar-refractivity contribution is 6.31. The van der Waals surface area contributed by atoms with Gasteiger partial charge in [0.15, 0.2) is 0 Å². The van der Waals surface area contributed by atoms with Crippen LogP contribution >= 0.6 is 0 Å². The zero-order chi connectivity index (χ0) is 36.4. The standard InChI is InChI=1S/C55H36/c1-55(2)48-22-11-10-19-41(48)42-28-27-39(32-49(42)55)51-46-30-37-16-7-6-15-36(37)29-45(46)50(35-25-23-34(24-26-35)33-13-4-3-5-14-33)53-44-21-12-20-43-40-18-9-8-17-38(40)31-47(52(43)44)54(51)53/h3-32H,1-2H3. The molecule has 0 saturated heterocycles. The number of benzene rings is 10. The molecule has 12 rings (SSSR count). The first kappa shape index (κ1) is 30.7. The fraction of sp³-hybridized carbons (Fsp3) is 0.0545. The van der Waals surface area contributed by atoms with Gasteiger partial charge in [0.2, 0.25) is 0 Å². The minimum atomic E-state index is -0.104. The lowest BCUT2D eigenvalue weighted by Gasteiger charge is -2.24. The molecule has 0 heterocycles. The van der Waals surface area contributed by atoms with Gasteiger partial charge in [0.25, 0.3) is 0 Å². The van der Waals surface area contributed by atoms with Gasteiger partial charge in [-0.2, -0.15) is 0 Å². The van der Waals surface area contributed by atoms with E-state index in [-0.39, 0.29) is 5.41 Å². The maximum Gasteiger partial charge on any atom is 0.0159 e. The third-order valence-electron chi connectivity index (χ3n) is 12.8. The average Bonchev–Trinajstić information content (AvgIpc) is 3.68. The Balaban J connectivity index is 1.25. The first-order valence-corrected chi connectivity index (χ1v) is 19.4. The van der Waals surface area contributed by atoms with E-state index in [2.05, 4.69) is 196 Å². The van der Waals surface area contributed by atoms with Crippen LogP contribution in [0.3, 0.4) is 0 Å². The molecule has 0 bridgehead atoms. The van der Waals surface area contributed by atoms with Crippen molar-refractivity contribution in [2.45, 2.75) is 19.3 Å². The summed E-state index contributed by atoms with van der Waals surface area (Å²) in [5.74, 6) is 0. The SMILES string of the molecule is CC1(C)c2ccccc2-c2ccc(-c3c4c(c(-c5ccc(-c6ccccc6)cc5)c5cc6ccccc6cc35)-c3cccc5c3c-4cc3ccccc35)cc21. The summed E-state index contributed by atoms with van der Waals surface area (Å²) in [6.45, 7) is 4.78. The van der Waals surface area contributed by atoms with E-state index in [1.807, 2.05) is 0 Å². The van der Waals surface area contributed by atoms with Crippen molar-refractivity contribution in [2.24, 2.45) is 0 Å². The van der Waals surface area contributed by atoms with Gasteiger partial charge in [-0.15, -0.1) is 0 Å². The Labute approximate surface area is 321 Å². The first-order chi connectivity index (χ1) is 27.0. The molecule has 0 nitrogen and oxygen atoms in total. The van der Waals surface area contributed by atoms with Crippen LogP contribution in [0.5, 0.6) is 0 Å². The average molecular weight is 697 g/mol. The Morgan fingerprint density at radius 1 is 0.291 bits per heavy atom. The van der Waals surface area contributed by atoms with Crippen LogP contribution in [0.4, 0.5) is 0 Å². The summed E-state index contributed by atoms with van der Waals surface area (Å²) in [5, 5.41) is 10.4. The third-order valence-corrected chi connectivity index (χ3v) is 12.8. The molecule has 0 N–H and O–H groups in total. The Morgan fingerprint density at radius 2 is 0.836 bits per heavy atom. The Kier molecular flexibility index (Phi) is 6.21. The van der Waals surface area contributed by atoms with Gasteiger partial charge in [-0.3, -0.25) is 0 Å². The van der Waals surface area contributed by atoms with Gasteiger partial charge in [-0.1, -0.05) is 172 Å². The third kappa shape index (κ3) is 4.23. The summed E-state index contributed by atoms with van der Waals surface area (Å²) in [4.78, 5) is 0. The van der Waals surface area contributed by atoms with E-state index in [1.165, 1.54) is 121 Å². The maximum atomic E-state index is 2.52. The second kappa shape index (κ2) is 11.1. The minimum Gasteiger partial charge on any atom is -0.0622 e. The molecule has 10 aromatic rings. The molecule has 0 aliphatic heterocycles. The highest BCUT2D eigenvalue weighted by Gasteiger charge is 2.37. The predicted molar refractivity (Wildman–Crippen MR) is 235 cm³/mol. The molecule has 0 spiro atoms. The van der Waals surface area contributed by atoms with E-state index in [0.29, 0.717) is 0 Å². The lowest BCUT2D eigenvalue weighted by Crippen LogP contribution is -2.14. The topological polar surface area (TPSA) is 0 Å². The molecule has 256 valence electrons. The predicted octanol–water partition coefficient (Wildman–Crippen LogP) is 15.3. The van der Waals surface area contributed by atoms with Gasteiger partial charge >= 0.3 is 0 Å². The molecule has 0 radical (unpaired) electrons.